The van der Waals surface area contributed by atoms with Crippen molar-refractivity contribution in [1.29, 1.82) is 0 Å². The Morgan fingerprint density at radius 2 is 2.18 bits per heavy atom. The van der Waals surface area contributed by atoms with E-state index in [4.69, 9.17) is 17.4 Å². The number of halogens is 2. The van der Waals surface area contributed by atoms with Gasteiger partial charge in [0.05, 0.1) is 6.54 Å². The zero-order valence-corrected chi connectivity index (χ0v) is 9.95. The van der Waals surface area contributed by atoms with Gasteiger partial charge in [-0.25, -0.2) is 15.0 Å². The van der Waals surface area contributed by atoms with E-state index in [0.717, 1.165) is 11.4 Å². The summed E-state index contributed by atoms with van der Waals surface area (Å²) in [7, 11) is 0. The molecule has 92 valence electrons. The van der Waals surface area contributed by atoms with Crippen LogP contribution in [-0.4, -0.2) is 29.0 Å². The summed E-state index contributed by atoms with van der Waals surface area (Å²) >= 11 is 5.79. The minimum Gasteiger partial charge on any atom is -0.319 e. The van der Waals surface area contributed by atoms with Crippen LogP contribution in [0.5, 0.6) is 0 Å². The molecule has 2 rings (SSSR count). The molecule has 0 atom stereocenters. The molecule has 0 aromatic heterocycles. The summed E-state index contributed by atoms with van der Waals surface area (Å²) in [5, 5.41) is 1.60. The van der Waals surface area contributed by atoms with Crippen molar-refractivity contribution in [3.05, 3.63) is 34.6 Å². The molecule has 1 aromatic rings. The van der Waals surface area contributed by atoms with Crippen LogP contribution in [0.4, 0.5) is 9.18 Å². The summed E-state index contributed by atoms with van der Waals surface area (Å²) in [6.45, 7) is 1.31. The lowest BCUT2D eigenvalue weighted by molar-refractivity contribution is 0.126. The summed E-state index contributed by atoms with van der Waals surface area (Å²) in [4.78, 5) is 13.2. The molecule has 1 aliphatic rings. The summed E-state index contributed by atoms with van der Waals surface area (Å²) in [5.74, 6) is 5.15. The number of amides is 2. The average molecular weight is 258 g/mol. The van der Waals surface area contributed by atoms with E-state index in [1.807, 2.05) is 0 Å². The smallest absolute Gasteiger partial charge is 0.319 e. The highest BCUT2D eigenvalue weighted by molar-refractivity contribution is 6.30. The quantitative estimate of drug-likeness (QED) is 0.651. The molecule has 0 saturated carbocycles. The van der Waals surface area contributed by atoms with Gasteiger partial charge < -0.3 is 4.90 Å². The van der Waals surface area contributed by atoms with Crippen LogP contribution in [0, 0.1) is 5.82 Å². The van der Waals surface area contributed by atoms with Crippen molar-refractivity contribution in [2.24, 2.45) is 5.84 Å². The normalized spacial score (nSPS) is 16.5. The van der Waals surface area contributed by atoms with Crippen molar-refractivity contribution >= 4 is 17.6 Å². The molecule has 0 spiro atoms. The van der Waals surface area contributed by atoms with Crippen molar-refractivity contribution in [3.63, 3.8) is 0 Å². The molecule has 6 heteroatoms. The fourth-order valence-corrected chi connectivity index (χ4v) is 2.02. The molecule has 0 aliphatic carbocycles. The van der Waals surface area contributed by atoms with Gasteiger partial charge in [-0.3, -0.25) is 5.01 Å². The van der Waals surface area contributed by atoms with E-state index in [1.165, 1.54) is 23.1 Å². The van der Waals surface area contributed by atoms with Gasteiger partial charge in [-0.1, -0.05) is 11.6 Å². The van der Waals surface area contributed by atoms with Gasteiger partial charge in [0.25, 0.3) is 0 Å². The largest absolute Gasteiger partial charge is 0.334 e. The lowest BCUT2D eigenvalue weighted by atomic mass is 10.2. The first kappa shape index (κ1) is 12.1. The van der Waals surface area contributed by atoms with Crippen LogP contribution in [0.15, 0.2) is 18.2 Å². The number of carbonyl (C=O) groups is 1. The predicted octanol–water partition coefficient (Wildman–Crippen LogP) is 1.98. The molecule has 1 aliphatic heterocycles. The lowest BCUT2D eigenvalue weighted by Gasteiger charge is -2.32. The van der Waals surface area contributed by atoms with Crippen LogP contribution < -0.4 is 5.84 Å². The molecule has 2 amide bonds. The Morgan fingerprint density at radius 1 is 1.41 bits per heavy atom. The summed E-state index contributed by atoms with van der Waals surface area (Å²) in [5.41, 5.74) is 0.404. The average Bonchev–Trinajstić information content (AvgIpc) is 2.30. The van der Waals surface area contributed by atoms with Gasteiger partial charge >= 0.3 is 6.03 Å². The molecular weight excluding hydrogens is 245 g/mol. The lowest BCUT2D eigenvalue weighted by Crippen LogP contribution is -2.52. The molecule has 17 heavy (non-hydrogen) atoms. The van der Waals surface area contributed by atoms with Gasteiger partial charge in [0.2, 0.25) is 0 Å². The maximum Gasteiger partial charge on any atom is 0.334 e. The molecule has 0 radical (unpaired) electrons. The Kier molecular flexibility index (Phi) is 3.49. The molecule has 0 unspecified atom stereocenters. The Bertz CT molecular complexity index is 441. The minimum absolute atomic E-state index is 0.193. The van der Waals surface area contributed by atoms with Gasteiger partial charge in [0.15, 0.2) is 0 Å². The van der Waals surface area contributed by atoms with E-state index < -0.39 is 0 Å². The first-order valence-corrected chi connectivity index (χ1v) is 5.71. The Labute approximate surface area is 104 Å². The van der Waals surface area contributed by atoms with E-state index >= 15 is 0 Å². The van der Waals surface area contributed by atoms with Crippen molar-refractivity contribution in [3.8, 4) is 0 Å². The zero-order valence-electron chi connectivity index (χ0n) is 9.20. The molecule has 1 aromatic carbocycles. The Balaban J connectivity index is 2.14. The second kappa shape index (κ2) is 4.89. The summed E-state index contributed by atoms with van der Waals surface area (Å²) in [6, 6.07) is 4.02. The fourth-order valence-electron chi connectivity index (χ4n) is 1.82. The Hall–Kier alpha value is -1.33. The van der Waals surface area contributed by atoms with Gasteiger partial charge in [-0.05, 0) is 24.6 Å². The maximum absolute atomic E-state index is 13.5. The third kappa shape index (κ3) is 2.68. The highest BCUT2D eigenvalue weighted by Gasteiger charge is 2.24. The number of hydrogen-bond donors (Lipinski definition) is 1. The van der Waals surface area contributed by atoms with Crippen molar-refractivity contribution in [1.82, 2.24) is 9.91 Å². The molecule has 1 heterocycles. The first-order chi connectivity index (χ1) is 8.08. The second-order valence-corrected chi connectivity index (χ2v) is 4.42. The van der Waals surface area contributed by atoms with Crippen LogP contribution in [0.3, 0.4) is 0 Å². The monoisotopic (exact) mass is 257 g/mol. The fraction of sp³-hybridized carbons (Fsp3) is 0.364. The highest BCUT2D eigenvalue weighted by atomic mass is 35.5. The van der Waals surface area contributed by atoms with E-state index in [0.29, 0.717) is 23.7 Å². The molecule has 1 saturated heterocycles. The second-order valence-electron chi connectivity index (χ2n) is 3.99. The van der Waals surface area contributed by atoms with Crippen LogP contribution in [0.25, 0.3) is 0 Å². The molecular formula is C11H13ClFN3O. The van der Waals surface area contributed by atoms with Gasteiger partial charge in [0.1, 0.15) is 5.82 Å². The van der Waals surface area contributed by atoms with E-state index in [-0.39, 0.29) is 18.4 Å². The molecule has 1 fully saturated rings. The maximum atomic E-state index is 13.5. The van der Waals surface area contributed by atoms with Crippen LogP contribution in [0.2, 0.25) is 5.02 Å². The third-order valence-electron chi connectivity index (χ3n) is 2.71. The predicted molar refractivity (Wildman–Crippen MR) is 62.7 cm³/mol. The highest BCUT2D eigenvalue weighted by Crippen LogP contribution is 2.18. The van der Waals surface area contributed by atoms with Gasteiger partial charge in [0, 0.05) is 23.7 Å². The first-order valence-electron chi connectivity index (χ1n) is 5.33. The number of urea groups is 1. The van der Waals surface area contributed by atoms with Crippen LogP contribution in [0.1, 0.15) is 12.0 Å². The minimum atomic E-state index is -0.364. The van der Waals surface area contributed by atoms with Crippen molar-refractivity contribution in [2.75, 3.05) is 13.1 Å². The van der Waals surface area contributed by atoms with Crippen LogP contribution >= 0.6 is 11.6 Å². The van der Waals surface area contributed by atoms with E-state index in [9.17, 15) is 9.18 Å². The number of nitrogens with zero attached hydrogens (tertiary/aromatic N) is 2. The number of hydrazine groups is 1. The summed E-state index contributed by atoms with van der Waals surface area (Å²) < 4.78 is 13.5. The number of nitrogens with two attached hydrogens (primary N) is 1. The topological polar surface area (TPSA) is 49.6 Å². The number of hydrogen-bond acceptors (Lipinski definition) is 2. The van der Waals surface area contributed by atoms with Gasteiger partial charge in [-0.2, -0.15) is 0 Å². The molecule has 2 N–H and O–H groups in total. The molecule has 4 nitrogen and oxygen atoms in total. The van der Waals surface area contributed by atoms with Crippen molar-refractivity contribution < 1.29 is 9.18 Å². The number of benzene rings is 1. The molecule has 0 bridgehead atoms. The zero-order chi connectivity index (χ0) is 12.4. The summed E-state index contributed by atoms with van der Waals surface area (Å²) in [6.07, 6.45) is 0.782. The van der Waals surface area contributed by atoms with E-state index in [1.54, 1.807) is 0 Å². The standard InChI is InChI=1S/C11H13ClFN3O/c12-9-2-3-10(13)8(6-9)7-15-4-1-5-16(14)11(15)17/h2-3,6H,1,4-5,7,14H2. The SMILES string of the molecule is NN1CCCN(Cc2cc(Cl)ccc2F)C1=O. The number of carbonyl (C=O) groups excluding carboxylic acids is 1. The number of rotatable bonds is 2. The van der Waals surface area contributed by atoms with Gasteiger partial charge in [-0.15, -0.1) is 0 Å². The van der Waals surface area contributed by atoms with E-state index in [2.05, 4.69) is 0 Å². The third-order valence-corrected chi connectivity index (χ3v) is 2.95. The van der Waals surface area contributed by atoms with Crippen molar-refractivity contribution in [2.45, 2.75) is 13.0 Å². The Morgan fingerprint density at radius 3 is 2.94 bits per heavy atom. The van der Waals surface area contributed by atoms with Crippen LogP contribution in [-0.2, 0) is 6.54 Å².